The summed E-state index contributed by atoms with van der Waals surface area (Å²) in [4.78, 5) is 27.0. The van der Waals surface area contributed by atoms with Gasteiger partial charge in [0.05, 0.1) is 5.75 Å². The molecule has 1 fully saturated rings. The van der Waals surface area contributed by atoms with Crippen LogP contribution in [0.25, 0.3) is 0 Å². The predicted molar refractivity (Wildman–Crippen MR) is 112 cm³/mol. The molecule has 29 heavy (non-hydrogen) atoms. The van der Waals surface area contributed by atoms with E-state index in [9.17, 15) is 18.0 Å². The van der Waals surface area contributed by atoms with Gasteiger partial charge in [-0.05, 0) is 45.6 Å². The second-order valence-corrected chi connectivity index (χ2v) is 10.4. The van der Waals surface area contributed by atoms with Gasteiger partial charge in [0.2, 0.25) is 10.0 Å². The standard InChI is InChI=1S/C21H32N2O5S/c1-5-14-29(26,27)23-13-9-12-18(23)20(25)28-16-19(24)22(21(2,3)4)15-17-10-7-6-8-11-17/h6-8,10-11,18H,5,9,12-16H2,1-4H3. The van der Waals surface area contributed by atoms with Gasteiger partial charge >= 0.3 is 5.97 Å². The molecule has 1 atom stereocenters. The number of carbonyl (C=O) groups is 2. The summed E-state index contributed by atoms with van der Waals surface area (Å²) in [6.07, 6.45) is 1.51. The molecule has 0 aromatic heterocycles. The molecule has 0 aliphatic carbocycles. The first-order valence-corrected chi connectivity index (χ1v) is 11.7. The average Bonchev–Trinajstić information content (AvgIpc) is 3.15. The number of carbonyl (C=O) groups excluding carboxylic acids is 2. The molecule has 0 N–H and O–H groups in total. The van der Waals surface area contributed by atoms with Crippen LogP contribution in [-0.2, 0) is 30.9 Å². The van der Waals surface area contributed by atoms with Gasteiger partial charge in [0.25, 0.3) is 5.91 Å². The summed E-state index contributed by atoms with van der Waals surface area (Å²) in [5.41, 5.74) is 0.526. The lowest BCUT2D eigenvalue weighted by Gasteiger charge is -2.36. The maximum atomic E-state index is 12.8. The van der Waals surface area contributed by atoms with Gasteiger partial charge in [0.15, 0.2) is 6.61 Å². The number of ether oxygens (including phenoxy) is 1. The van der Waals surface area contributed by atoms with Crippen molar-refractivity contribution in [2.45, 2.75) is 65.1 Å². The van der Waals surface area contributed by atoms with E-state index in [0.29, 0.717) is 32.4 Å². The molecule has 1 aliphatic rings. The number of nitrogens with zero attached hydrogens (tertiary/aromatic N) is 2. The molecular weight excluding hydrogens is 392 g/mol. The molecular formula is C21H32N2O5S. The third-order valence-electron chi connectivity index (χ3n) is 4.93. The van der Waals surface area contributed by atoms with Crippen LogP contribution in [0.15, 0.2) is 30.3 Å². The predicted octanol–water partition coefficient (Wildman–Crippen LogP) is 2.56. The summed E-state index contributed by atoms with van der Waals surface area (Å²) in [5.74, 6) is -0.954. The molecule has 1 amide bonds. The Morgan fingerprint density at radius 2 is 1.86 bits per heavy atom. The van der Waals surface area contributed by atoms with Gasteiger partial charge in [-0.3, -0.25) is 9.59 Å². The zero-order chi connectivity index (χ0) is 21.7. The molecule has 1 unspecified atom stereocenters. The van der Waals surface area contributed by atoms with Crippen LogP contribution in [0.5, 0.6) is 0 Å². The van der Waals surface area contributed by atoms with Crippen molar-refractivity contribution in [3.63, 3.8) is 0 Å². The molecule has 0 saturated carbocycles. The Labute approximate surface area is 174 Å². The van der Waals surface area contributed by atoms with Crippen molar-refractivity contribution in [1.29, 1.82) is 0 Å². The van der Waals surface area contributed by atoms with Crippen LogP contribution in [-0.4, -0.2) is 60.0 Å². The van der Waals surface area contributed by atoms with Gasteiger partial charge in [-0.15, -0.1) is 0 Å². The van der Waals surface area contributed by atoms with E-state index in [0.717, 1.165) is 5.56 Å². The highest BCUT2D eigenvalue weighted by Crippen LogP contribution is 2.23. The number of benzene rings is 1. The minimum atomic E-state index is -3.49. The van der Waals surface area contributed by atoms with Crippen LogP contribution >= 0.6 is 0 Å². The summed E-state index contributed by atoms with van der Waals surface area (Å²) in [7, 11) is -3.49. The number of sulfonamides is 1. The molecule has 1 aromatic rings. The van der Waals surface area contributed by atoms with Crippen LogP contribution in [0.3, 0.4) is 0 Å². The van der Waals surface area contributed by atoms with E-state index >= 15 is 0 Å². The minimum absolute atomic E-state index is 0.00455. The van der Waals surface area contributed by atoms with Crippen molar-refractivity contribution in [2.24, 2.45) is 0 Å². The summed E-state index contributed by atoms with van der Waals surface area (Å²) >= 11 is 0. The first kappa shape index (κ1) is 23.3. The zero-order valence-electron chi connectivity index (χ0n) is 17.8. The highest BCUT2D eigenvalue weighted by molar-refractivity contribution is 7.89. The number of hydrogen-bond donors (Lipinski definition) is 0. The van der Waals surface area contributed by atoms with E-state index in [1.54, 1.807) is 11.8 Å². The average molecular weight is 425 g/mol. The molecule has 162 valence electrons. The molecule has 2 rings (SSSR count). The third kappa shape index (κ3) is 6.27. The molecule has 0 spiro atoms. The SMILES string of the molecule is CCCS(=O)(=O)N1CCCC1C(=O)OCC(=O)N(Cc1ccccc1)C(C)(C)C. The monoisotopic (exact) mass is 424 g/mol. The Balaban J connectivity index is 2.02. The van der Waals surface area contributed by atoms with Crippen LogP contribution in [0.4, 0.5) is 0 Å². The summed E-state index contributed by atoms with van der Waals surface area (Å²) in [6, 6.07) is 8.77. The fourth-order valence-corrected chi connectivity index (χ4v) is 5.19. The van der Waals surface area contributed by atoms with Gasteiger partial charge in [0, 0.05) is 18.6 Å². The van der Waals surface area contributed by atoms with Gasteiger partial charge in [0.1, 0.15) is 6.04 Å². The van der Waals surface area contributed by atoms with Crippen LogP contribution in [0, 0.1) is 0 Å². The molecule has 7 nitrogen and oxygen atoms in total. The second-order valence-electron chi connectivity index (χ2n) is 8.33. The Morgan fingerprint density at radius 1 is 1.21 bits per heavy atom. The molecule has 1 aromatic carbocycles. The molecule has 1 saturated heterocycles. The molecule has 0 bridgehead atoms. The highest BCUT2D eigenvalue weighted by atomic mass is 32.2. The lowest BCUT2D eigenvalue weighted by molar-refractivity contribution is -0.157. The Kier molecular flexibility index (Phi) is 7.82. The van der Waals surface area contributed by atoms with Crippen LogP contribution in [0.1, 0.15) is 52.5 Å². The minimum Gasteiger partial charge on any atom is -0.454 e. The Morgan fingerprint density at radius 3 is 2.45 bits per heavy atom. The maximum absolute atomic E-state index is 12.8. The van der Waals surface area contributed by atoms with Crippen LogP contribution < -0.4 is 0 Å². The Bertz CT molecular complexity index is 802. The van der Waals surface area contributed by atoms with E-state index < -0.39 is 34.2 Å². The zero-order valence-corrected chi connectivity index (χ0v) is 18.6. The van der Waals surface area contributed by atoms with Crippen molar-refractivity contribution >= 4 is 21.9 Å². The van der Waals surface area contributed by atoms with Gasteiger partial charge < -0.3 is 9.64 Å². The third-order valence-corrected chi connectivity index (χ3v) is 7.00. The second kappa shape index (κ2) is 9.71. The number of amides is 1. The fourth-order valence-electron chi connectivity index (χ4n) is 3.46. The highest BCUT2D eigenvalue weighted by Gasteiger charge is 2.39. The number of esters is 1. The normalized spacial score (nSPS) is 17.9. The lowest BCUT2D eigenvalue weighted by atomic mass is 10.0. The Hall–Kier alpha value is -1.93. The summed E-state index contributed by atoms with van der Waals surface area (Å²) in [6.45, 7) is 7.87. The maximum Gasteiger partial charge on any atom is 0.324 e. The lowest BCUT2D eigenvalue weighted by Crippen LogP contribution is -2.48. The number of hydrogen-bond acceptors (Lipinski definition) is 5. The molecule has 1 heterocycles. The van der Waals surface area contributed by atoms with Crippen molar-refractivity contribution < 1.29 is 22.7 Å². The van der Waals surface area contributed by atoms with E-state index in [2.05, 4.69) is 0 Å². The molecule has 1 aliphatic heterocycles. The van der Waals surface area contributed by atoms with Crippen molar-refractivity contribution in [3.05, 3.63) is 35.9 Å². The summed E-state index contributed by atoms with van der Waals surface area (Å²) in [5, 5.41) is 0. The van der Waals surface area contributed by atoms with E-state index in [-0.39, 0.29) is 11.7 Å². The van der Waals surface area contributed by atoms with E-state index in [1.807, 2.05) is 51.1 Å². The largest absolute Gasteiger partial charge is 0.454 e. The van der Waals surface area contributed by atoms with Gasteiger partial charge in [-0.1, -0.05) is 37.3 Å². The smallest absolute Gasteiger partial charge is 0.324 e. The van der Waals surface area contributed by atoms with Crippen molar-refractivity contribution in [2.75, 3.05) is 18.9 Å². The fraction of sp³-hybridized carbons (Fsp3) is 0.619. The molecule has 0 radical (unpaired) electrons. The quantitative estimate of drug-likeness (QED) is 0.599. The topological polar surface area (TPSA) is 84.0 Å². The van der Waals surface area contributed by atoms with E-state index in [4.69, 9.17) is 4.74 Å². The van der Waals surface area contributed by atoms with Crippen molar-refractivity contribution in [1.82, 2.24) is 9.21 Å². The van der Waals surface area contributed by atoms with Crippen LogP contribution in [0.2, 0.25) is 0 Å². The first-order chi connectivity index (χ1) is 13.6. The van der Waals surface area contributed by atoms with Gasteiger partial charge in [-0.25, -0.2) is 8.42 Å². The van der Waals surface area contributed by atoms with E-state index in [1.165, 1.54) is 4.31 Å². The van der Waals surface area contributed by atoms with Crippen molar-refractivity contribution in [3.8, 4) is 0 Å². The van der Waals surface area contributed by atoms with Gasteiger partial charge in [-0.2, -0.15) is 4.31 Å². The summed E-state index contributed by atoms with van der Waals surface area (Å²) < 4.78 is 31.2. The first-order valence-electron chi connectivity index (χ1n) is 10.1. The molecule has 8 heteroatoms. The number of rotatable bonds is 8.